The highest BCUT2D eigenvalue weighted by Gasteiger charge is 2.20. The highest BCUT2D eigenvalue weighted by Crippen LogP contribution is 2.17. The summed E-state index contributed by atoms with van der Waals surface area (Å²) in [5.41, 5.74) is 0.967. The molecule has 0 spiro atoms. The Balaban J connectivity index is 3.04. The van der Waals surface area contributed by atoms with E-state index in [1.807, 2.05) is 25.1 Å². The van der Waals surface area contributed by atoms with Gasteiger partial charge in [-0.05, 0) is 45.6 Å². The average Bonchev–Trinajstić information content (AvgIpc) is 2.27. The number of sulfonamides is 1. The molecule has 19 heavy (non-hydrogen) atoms. The molecule has 1 atom stereocenters. The number of nitriles is 1. The molecule has 0 saturated carbocycles. The van der Waals surface area contributed by atoms with E-state index in [1.165, 1.54) is 6.07 Å². The van der Waals surface area contributed by atoms with Crippen LogP contribution in [0, 0.1) is 18.3 Å². The standard InChI is InChI=1S/C13H19N3O2S/c1-10-5-6-12(8-14)7-13(10)19(17,18)15-11(2)9-16(3)4/h5-7,11,15H,9H2,1-4H3. The van der Waals surface area contributed by atoms with Gasteiger partial charge >= 0.3 is 0 Å². The van der Waals surface area contributed by atoms with Crippen LogP contribution in [0.25, 0.3) is 0 Å². The van der Waals surface area contributed by atoms with Gasteiger partial charge in [0.2, 0.25) is 10.0 Å². The van der Waals surface area contributed by atoms with Crippen LogP contribution in [0.15, 0.2) is 23.1 Å². The van der Waals surface area contributed by atoms with Crippen LogP contribution in [0.4, 0.5) is 0 Å². The van der Waals surface area contributed by atoms with E-state index in [-0.39, 0.29) is 10.9 Å². The van der Waals surface area contributed by atoms with E-state index in [1.54, 1.807) is 26.0 Å². The molecule has 0 aromatic heterocycles. The molecule has 1 aromatic rings. The summed E-state index contributed by atoms with van der Waals surface area (Å²) in [4.78, 5) is 2.07. The van der Waals surface area contributed by atoms with E-state index in [2.05, 4.69) is 4.72 Å². The van der Waals surface area contributed by atoms with Crippen molar-refractivity contribution in [2.24, 2.45) is 0 Å². The monoisotopic (exact) mass is 281 g/mol. The van der Waals surface area contributed by atoms with Crippen LogP contribution in [0.3, 0.4) is 0 Å². The van der Waals surface area contributed by atoms with Gasteiger partial charge in [0.1, 0.15) is 0 Å². The van der Waals surface area contributed by atoms with Crippen molar-refractivity contribution in [3.05, 3.63) is 29.3 Å². The van der Waals surface area contributed by atoms with Crippen LogP contribution in [-0.2, 0) is 10.0 Å². The summed E-state index contributed by atoms with van der Waals surface area (Å²) < 4.78 is 27.2. The summed E-state index contributed by atoms with van der Waals surface area (Å²) in [5.74, 6) is 0. The van der Waals surface area contributed by atoms with Crippen molar-refractivity contribution >= 4 is 10.0 Å². The van der Waals surface area contributed by atoms with E-state index in [0.717, 1.165) is 0 Å². The van der Waals surface area contributed by atoms with Crippen molar-refractivity contribution in [1.82, 2.24) is 9.62 Å². The van der Waals surface area contributed by atoms with Gasteiger partial charge in [-0.15, -0.1) is 0 Å². The Morgan fingerprint density at radius 2 is 2.05 bits per heavy atom. The Morgan fingerprint density at radius 3 is 2.58 bits per heavy atom. The molecule has 5 nitrogen and oxygen atoms in total. The van der Waals surface area contributed by atoms with Gasteiger partial charge in [0.15, 0.2) is 0 Å². The summed E-state index contributed by atoms with van der Waals surface area (Å²) in [6, 6.07) is 6.40. The topological polar surface area (TPSA) is 73.2 Å². The molecule has 6 heteroatoms. The molecule has 0 fully saturated rings. The largest absolute Gasteiger partial charge is 0.308 e. The molecule has 0 amide bonds. The van der Waals surface area contributed by atoms with Gasteiger partial charge in [0.25, 0.3) is 0 Å². The lowest BCUT2D eigenvalue weighted by molar-refractivity contribution is 0.370. The first-order chi connectivity index (χ1) is 8.76. The zero-order valence-electron chi connectivity index (χ0n) is 11.6. The van der Waals surface area contributed by atoms with Gasteiger partial charge in [0.05, 0.1) is 16.5 Å². The molecule has 0 aliphatic heterocycles. The van der Waals surface area contributed by atoms with Crippen LogP contribution >= 0.6 is 0 Å². The van der Waals surface area contributed by atoms with E-state index >= 15 is 0 Å². The number of benzene rings is 1. The van der Waals surface area contributed by atoms with E-state index in [9.17, 15) is 8.42 Å². The summed E-state index contributed by atoms with van der Waals surface area (Å²) in [7, 11) is 0.166. The Kier molecular flexibility index (Phi) is 5.06. The van der Waals surface area contributed by atoms with Crippen molar-refractivity contribution in [2.75, 3.05) is 20.6 Å². The van der Waals surface area contributed by atoms with Gasteiger partial charge in [-0.2, -0.15) is 5.26 Å². The molecule has 104 valence electrons. The highest BCUT2D eigenvalue weighted by atomic mass is 32.2. The molecular formula is C13H19N3O2S. The van der Waals surface area contributed by atoms with Crippen molar-refractivity contribution in [3.8, 4) is 6.07 Å². The highest BCUT2D eigenvalue weighted by molar-refractivity contribution is 7.89. The van der Waals surface area contributed by atoms with Crippen molar-refractivity contribution in [1.29, 1.82) is 5.26 Å². The zero-order chi connectivity index (χ0) is 14.6. The third-order valence-corrected chi connectivity index (χ3v) is 4.33. The van der Waals surface area contributed by atoms with Crippen LogP contribution in [0.5, 0.6) is 0 Å². The minimum absolute atomic E-state index is 0.164. The fraction of sp³-hybridized carbons (Fsp3) is 0.462. The Morgan fingerprint density at radius 1 is 1.42 bits per heavy atom. The summed E-state index contributed by atoms with van der Waals surface area (Å²) in [6.07, 6.45) is 0. The lowest BCUT2D eigenvalue weighted by Crippen LogP contribution is -2.39. The molecule has 0 aliphatic carbocycles. The summed E-state index contributed by atoms with van der Waals surface area (Å²) in [6.45, 7) is 4.13. The molecule has 0 radical (unpaired) electrons. The Labute approximate surface area is 114 Å². The first kappa shape index (κ1) is 15.6. The molecule has 0 heterocycles. The molecule has 1 N–H and O–H groups in total. The molecule has 1 rings (SSSR count). The summed E-state index contributed by atoms with van der Waals surface area (Å²) in [5, 5.41) is 8.85. The van der Waals surface area contributed by atoms with Crippen LogP contribution in [-0.4, -0.2) is 40.0 Å². The number of nitrogens with one attached hydrogen (secondary N) is 1. The number of rotatable bonds is 5. The van der Waals surface area contributed by atoms with Gasteiger partial charge in [-0.25, -0.2) is 13.1 Å². The van der Waals surface area contributed by atoms with Crippen LogP contribution in [0.1, 0.15) is 18.1 Å². The maximum atomic E-state index is 12.3. The van der Waals surface area contributed by atoms with Gasteiger partial charge in [-0.3, -0.25) is 0 Å². The number of nitrogens with zero attached hydrogens (tertiary/aromatic N) is 2. The summed E-state index contributed by atoms with van der Waals surface area (Å²) >= 11 is 0. The average molecular weight is 281 g/mol. The maximum absolute atomic E-state index is 12.3. The zero-order valence-corrected chi connectivity index (χ0v) is 12.5. The predicted molar refractivity (Wildman–Crippen MR) is 74.2 cm³/mol. The van der Waals surface area contributed by atoms with E-state index < -0.39 is 10.0 Å². The second-order valence-electron chi connectivity index (χ2n) is 4.88. The fourth-order valence-electron chi connectivity index (χ4n) is 1.87. The quantitative estimate of drug-likeness (QED) is 0.877. The maximum Gasteiger partial charge on any atom is 0.241 e. The number of hydrogen-bond acceptors (Lipinski definition) is 4. The van der Waals surface area contributed by atoms with Crippen LogP contribution < -0.4 is 4.72 Å². The Hall–Kier alpha value is -1.42. The van der Waals surface area contributed by atoms with Gasteiger partial charge in [-0.1, -0.05) is 6.07 Å². The smallest absolute Gasteiger partial charge is 0.241 e. The predicted octanol–water partition coefficient (Wildman–Crippen LogP) is 1.10. The second-order valence-corrected chi connectivity index (χ2v) is 6.56. The number of aryl methyl sites for hydroxylation is 1. The minimum atomic E-state index is -3.60. The lowest BCUT2D eigenvalue weighted by atomic mass is 10.2. The third-order valence-electron chi connectivity index (χ3n) is 2.60. The number of likely N-dealkylation sites (N-methyl/N-ethyl adjacent to an activating group) is 1. The van der Waals surface area contributed by atoms with Crippen molar-refractivity contribution in [3.63, 3.8) is 0 Å². The molecule has 1 unspecified atom stereocenters. The normalized spacial score (nSPS) is 13.3. The first-order valence-corrected chi connectivity index (χ1v) is 7.42. The van der Waals surface area contributed by atoms with Crippen LogP contribution in [0.2, 0.25) is 0 Å². The first-order valence-electron chi connectivity index (χ1n) is 5.94. The minimum Gasteiger partial charge on any atom is -0.308 e. The second kappa shape index (κ2) is 6.15. The molecule has 0 aliphatic rings. The SMILES string of the molecule is Cc1ccc(C#N)cc1S(=O)(=O)NC(C)CN(C)C. The molecule has 1 aromatic carbocycles. The Bertz CT molecular complexity index is 588. The number of hydrogen-bond donors (Lipinski definition) is 1. The van der Waals surface area contributed by atoms with E-state index in [4.69, 9.17) is 5.26 Å². The van der Waals surface area contributed by atoms with Crippen molar-refractivity contribution < 1.29 is 8.42 Å². The van der Waals surface area contributed by atoms with E-state index in [0.29, 0.717) is 17.7 Å². The van der Waals surface area contributed by atoms with Crippen molar-refractivity contribution in [2.45, 2.75) is 24.8 Å². The van der Waals surface area contributed by atoms with Gasteiger partial charge < -0.3 is 4.90 Å². The van der Waals surface area contributed by atoms with Gasteiger partial charge in [0, 0.05) is 12.6 Å². The molecule has 0 saturated heterocycles. The lowest BCUT2D eigenvalue weighted by Gasteiger charge is -2.19. The molecular weight excluding hydrogens is 262 g/mol. The fourth-order valence-corrected chi connectivity index (χ4v) is 3.38. The third kappa shape index (κ3) is 4.31. The molecule has 0 bridgehead atoms.